The van der Waals surface area contributed by atoms with Crippen LogP contribution in [0.15, 0.2) is 53.7 Å². The third-order valence-corrected chi connectivity index (χ3v) is 6.09. The van der Waals surface area contributed by atoms with E-state index in [1.807, 2.05) is 18.4 Å². The summed E-state index contributed by atoms with van der Waals surface area (Å²) >= 11 is 0. The first-order chi connectivity index (χ1) is 17.5. The molecule has 10 heteroatoms. The SMILES string of the molecule is CC(C)c1c(C(N)=O)c(-c2ccc(F)cc2)c(-c2ccc(F)cc2)n1CC[C@@H](O)C[C@@H](O)CC(=O)N=O. The molecular weight excluding hydrogens is 484 g/mol. The highest BCUT2D eigenvalue weighted by atomic mass is 19.1. The van der Waals surface area contributed by atoms with Gasteiger partial charge >= 0.3 is 0 Å². The number of primary amides is 1. The second-order valence-electron chi connectivity index (χ2n) is 9.19. The Labute approximate surface area is 212 Å². The molecule has 0 radical (unpaired) electrons. The number of amides is 2. The van der Waals surface area contributed by atoms with Crippen LogP contribution >= 0.6 is 0 Å². The van der Waals surface area contributed by atoms with Crippen molar-refractivity contribution in [1.82, 2.24) is 4.57 Å². The Kier molecular flexibility index (Phi) is 9.01. The molecule has 0 unspecified atom stereocenters. The molecule has 196 valence electrons. The van der Waals surface area contributed by atoms with Crippen molar-refractivity contribution in [2.24, 2.45) is 10.9 Å². The zero-order valence-corrected chi connectivity index (χ0v) is 20.5. The number of carbonyl (C=O) groups excluding carboxylic acids is 2. The summed E-state index contributed by atoms with van der Waals surface area (Å²) in [6, 6.07) is 11.3. The lowest BCUT2D eigenvalue weighted by atomic mass is 9.94. The Morgan fingerprint density at radius 1 is 0.946 bits per heavy atom. The summed E-state index contributed by atoms with van der Waals surface area (Å²) in [6.45, 7) is 3.92. The molecule has 3 aromatic rings. The molecule has 1 heterocycles. The van der Waals surface area contributed by atoms with E-state index in [1.165, 1.54) is 36.4 Å². The first kappa shape index (κ1) is 27.8. The van der Waals surface area contributed by atoms with Crippen LogP contribution in [0.5, 0.6) is 0 Å². The minimum atomic E-state index is -1.25. The van der Waals surface area contributed by atoms with Crippen LogP contribution in [0, 0.1) is 16.5 Å². The zero-order chi connectivity index (χ0) is 27.3. The van der Waals surface area contributed by atoms with Crippen molar-refractivity contribution in [2.45, 2.75) is 57.8 Å². The normalized spacial score (nSPS) is 12.9. The molecule has 1 aromatic heterocycles. The first-order valence-corrected chi connectivity index (χ1v) is 11.8. The van der Waals surface area contributed by atoms with E-state index in [9.17, 15) is 33.5 Å². The van der Waals surface area contributed by atoms with E-state index in [2.05, 4.69) is 5.18 Å². The van der Waals surface area contributed by atoms with Gasteiger partial charge in [0.25, 0.3) is 11.8 Å². The number of carbonyl (C=O) groups is 2. The molecule has 0 aliphatic carbocycles. The van der Waals surface area contributed by atoms with Crippen molar-refractivity contribution in [3.63, 3.8) is 0 Å². The summed E-state index contributed by atoms with van der Waals surface area (Å²) in [5, 5.41) is 22.8. The van der Waals surface area contributed by atoms with E-state index in [1.54, 1.807) is 12.1 Å². The molecule has 2 aromatic carbocycles. The molecular formula is C27H29F2N3O5. The molecule has 8 nitrogen and oxygen atoms in total. The largest absolute Gasteiger partial charge is 0.393 e. The van der Waals surface area contributed by atoms with Gasteiger partial charge in [0.05, 0.1) is 29.9 Å². The van der Waals surface area contributed by atoms with E-state index >= 15 is 0 Å². The molecule has 0 fully saturated rings. The molecule has 0 aliphatic rings. The van der Waals surface area contributed by atoms with Crippen molar-refractivity contribution >= 4 is 11.8 Å². The fourth-order valence-corrected chi connectivity index (χ4v) is 4.56. The molecule has 0 saturated heterocycles. The molecule has 0 spiro atoms. The smallest absolute Gasteiger partial charge is 0.288 e. The summed E-state index contributed by atoms with van der Waals surface area (Å²) in [6.07, 6.45) is -2.85. The van der Waals surface area contributed by atoms with E-state index in [-0.39, 0.29) is 30.9 Å². The Hall–Kier alpha value is -3.76. The van der Waals surface area contributed by atoms with Crippen LogP contribution in [0.25, 0.3) is 22.4 Å². The van der Waals surface area contributed by atoms with Gasteiger partial charge in [-0.2, -0.15) is 0 Å². The summed E-state index contributed by atoms with van der Waals surface area (Å²) < 4.78 is 29.3. The number of hydrogen-bond donors (Lipinski definition) is 3. The summed E-state index contributed by atoms with van der Waals surface area (Å²) in [4.78, 5) is 34.2. The van der Waals surface area contributed by atoms with E-state index in [0.29, 0.717) is 28.1 Å². The summed E-state index contributed by atoms with van der Waals surface area (Å²) in [7, 11) is 0. The lowest BCUT2D eigenvalue weighted by Gasteiger charge is -2.20. The Balaban J connectivity index is 2.15. The lowest BCUT2D eigenvalue weighted by Crippen LogP contribution is -2.22. The van der Waals surface area contributed by atoms with Crippen molar-refractivity contribution in [2.75, 3.05) is 0 Å². The minimum absolute atomic E-state index is 0.115. The lowest BCUT2D eigenvalue weighted by molar-refractivity contribution is -0.120. The number of nitrogens with two attached hydrogens (primary N) is 1. The van der Waals surface area contributed by atoms with E-state index in [4.69, 9.17) is 5.73 Å². The molecule has 37 heavy (non-hydrogen) atoms. The van der Waals surface area contributed by atoms with E-state index in [0.717, 1.165) is 0 Å². The summed E-state index contributed by atoms with van der Waals surface area (Å²) in [5.74, 6) is -2.81. The number of hydrogen-bond acceptors (Lipinski definition) is 5. The monoisotopic (exact) mass is 513 g/mol. The number of aliphatic hydroxyl groups excluding tert-OH is 2. The molecule has 4 N–H and O–H groups in total. The van der Waals surface area contributed by atoms with Gasteiger partial charge in [-0.15, -0.1) is 4.91 Å². The van der Waals surface area contributed by atoms with Gasteiger partial charge in [-0.1, -0.05) is 26.0 Å². The zero-order valence-electron chi connectivity index (χ0n) is 20.5. The van der Waals surface area contributed by atoms with Crippen LogP contribution in [0.1, 0.15) is 55.1 Å². The number of rotatable bonds is 11. The number of halogens is 2. The van der Waals surface area contributed by atoms with Gasteiger partial charge in [-0.3, -0.25) is 9.59 Å². The van der Waals surface area contributed by atoms with Crippen LogP contribution in [0.3, 0.4) is 0 Å². The minimum Gasteiger partial charge on any atom is -0.393 e. The maximum atomic E-state index is 13.8. The van der Waals surface area contributed by atoms with Gasteiger partial charge in [0.2, 0.25) is 0 Å². The Bertz CT molecular complexity index is 1270. The molecule has 3 rings (SSSR count). The number of aromatic nitrogens is 1. The van der Waals surface area contributed by atoms with Gasteiger partial charge in [0.15, 0.2) is 0 Å². The molecule has 2 atom stereocenters. The van der Waals surface area contributed by atoms with Crippen molar-refractivity contribution in [3.05, 3.63) is 76.3 Å². The fourth-order valence-electron chi connectivity index (χ4n) is 4.56. The quantitative estimate of drug-likeness (QED) is 0.324. The van der Waals surface area contributed by atoms with Gasteiger partial charge in [0, 0.05) is 23.0 Å². The van der Waals surface area contributed by atoms with Gasteiger partial charge < -0.3 is 20.5 Å². The molecule has 0 bridgehead atoms. The standard InChI is InChI=1S/C27H29F2N3O5/c1-15(2)25-24(27(30)36)23(16-3-7-18(28)8-4-16)26(17-5-9-19(29)10-6-17)32(25)12-11-20(33)13-21(34)14-22(35)31-37/h3-10,15,20-21,33-34H,11-14H2,1-2H3,(H2,30,36)/t20-,21-/m1/s1. The topological polar surface area (TPSA) is 135 Å². The van der Waals surface area contributed by atoms with Gasteiger partial charge in [-0.25, -0.2) is 8.78 Å². The summed E-state index contributed by atoms with van der Waals surface area (Å²) in [5.41, 5.74) is 8.78. The molecule has 0 aliphatic heterocycles. The predicted octanol–water partition coefficient (Wildman–Crippen LogP) is 4.51. The van der Waals surface area contributed by atoms with Gasteiger partial charge in [-0.05, 0) is 66.3 Å². The number of nitroso groups, excluding NO2 is 1. The molecule has 2 amide bonds. The highest BCUT2D eigenvalue weighted by Crippen LogP contribution is 2.42. The third-order valence-electron chi connectivity index (χ3n) is 6.09. The van der Waals surface area contributed by atoms with Crippen molar-refractivity contribution < 1.29 is 28.6 Å². The molecule has 0 saturated carbocycles. The van der Waals surface area contributed by atoms with E-state index < -0.39 is 42.1 Å². The third kappa shape index (κ3) is 6.52. The Morgan fingerprint density at radius 3 is 1.97 bits per heavy atom. The highest BCUT2D eigenvalue weighted by Gasteiger charge is 2.29. The van der Waals surface area contributed by atoms with Crippen LogP contribution in [0.4, 0.5) is 8.78 Å². The maximum absolute atomic E-state index is 13.8. The number of nitrogens with zero attached hydrogens (tertiary/aromatic N) is 2. The number of aliphatic hydroxyl groups is 2. The predicted molar refractivity (Wildman–Crippen MR) is 134 cm³/mol. The van der Waals surface area contributed by atoms with Crippen molar-refractivity contribution in [1.29, 1.82) is 0 Å². The van der Waals surface area contributed by atoms with Crippen LogP contribution in [0.2, 0.25) is 0 Å². The highest BCUT2D eigenvalue weighted by molar-refractivity contribution is 6.05. The maximum Gasteiger partial charge on any atom is 0.288 e. The average molecular weight is 514 g/mol. The second-order valence-corrected chi connectivity index (χ2v) is 9.19. The van der Waals surface area contributed by atoms with Crippen LogP contribution in [-0.4, -0.2) is 38.8 Å². The second kappa shape index (κ2) is 12.0. The fraction of sp³-hybridized carbons (Fsp3) is 0.333. The Morgan fingerprint density at radius 2 is 1.49 bits per heavy atom. The van der Waals surface area contributed by atoms with Crippen LogP contribution in [-0.2, 0) is 11.3 Å². The van der Waals surface area contributed by atoms with Crippen molar-refractivity contribution in [3.8, 4) is 22.4 Å². The van der Waals surface area contributed by atoms with Crippen LogP contribution < -0.4 is 5.73 Å². The first-order valence-electron chi connectivity index (χ1n) is 11.8. The number of benzene rings is 2. The van der Waals surface area contributed by atoms with Gasteiger partial charge in [0.1, 0.15) is 11.6 Å². The average Bonchev–Trinajstić information content (AvgIpc) is 3.19.